The lowest BCUT2D eigenvalue weighted by Gasteiger charge is -2.22. The summed E-state index contributed by atoms with van der Waals surface area (Å²) in [7, 11) is 0. The number of nitrogens with zero attached hydrogens (tertiary/aromatic N) is 1. The first kappa shape index (κ1) is 17.2. The average Bonchev–Trinajstić information content (AvgIpc) is 2.56. The van der Waals surface area contributed by atoms with Crippen LogP contribution in [-0.4, -0.2) is 30.3 Å². The van der Waals surface area contributed by atoms with Crippen LogP contribution >= 0.6 is 0 Å². The molecule has 2 N–H and O–H groups in total. The van der Waals surface area contributed by atoms with Crippen LogP contribution in [0.25, 0.3) is 10.9 Å². The maximum atomic E-state index is 12.1. The maximum Gasteiger partial charge on any atom is 0.315 e. The van der Waals surface area contributed by atoms with Crippen molar-refractivity contribution in [2.45, 2.75) is 33.4 Å². The summed E-state index contributed by atoms with van der Waals surface area (Å²) in [5.74, 6) is 0.319. The minimum atomic E-state index is -0.172. The number of hydrogen-bond acceptors (Lipinski definition) is 3. The van der Waals surface area contributed by atoms with E-state index in [0.717, 1.165) is 16.5 Å². The normalized spacial score (nSPS) is 12.3. The van der Waals surface area contributed by atoms with E-state index in [-0.39, 0.29) is 12.1 Å². The molecule has 0 aliphatic carbocycles. The molecule has 2 rings (SSSR count). The molecule has 2 amide bonds. The first-order valence-electron chi connectivity index (χ1n) is 8.06. The molecule has 0 fully saturated rings. The van der Waals surface area contributed by atoms with Crippen LogP contribution in [0.1, 0.15) is 26.3 Å². The quantitative estimate of drug-likeness (QED) is 0.825. The van der Waals surface area contributed by atoms with Gasteiger partial charge < -0.3 is 15.4 Å². The second-order valence-electron chi connectivity index (χ2n) is 5.87. The van der Waals surface area contributed by atoms with Gasteiger partial charge in [0.1, 0.15) is 0 Å². The lowest BCUT2D eigenvalue weighted by atomic mass is 10.1. The van der Waals surface area contributed by atoms with E-state index < -0.39 is 0 Å². The van der Waals surface area contributed by atoms with Crippen molar-refractivity contribution in [2.75, 3.05) is 13.2 Å². The molecule has 5 heteroatoms. The fourth-order valence-corrected chi connectivity index (χ4v) is 2.28. The smallest absolute Gasteiger partial charge is 0.315 e. The molecular formula is C18H25N3O2. The summed E-state index contributed by atoms with van der Waals surface area (Å²) >= 11 is 0. The molecule has 0 saturated heterocycles. The van der Waals surface area contributed by atoms with Crippen molar-refractivity contribution in [3.8, 4) is 0 Å². The Bertz CT molecular complexity index is 643. The third kappa shape index (κ3) is 5.21. The zero-order valence-electron chi connectivity index (χ0n) is 14.0. The highest BCUT2D eigenvalue weighted by Gasteiger charge is 2.15. The summed E-state index contributed by atoms with van der Waals surface area (Å²) in [6.45, 7) is 7.75. The predicted octanol–water partition coefficient (Wildman–Crippen LogP) is 3.10. The van der Waals surface area contributed by atoms with Gasteiger partial charge in [0.25, 0.3) is 0 Å². The molecule has 0 aliphatic heterocycles. The first-order chi connectivity index (χ1) is 11.1. The van der Waals surface area contributed by atoms with E-state index in [1.807, 2.05) is 37.3 Å². The average molecular weight is 315 g/mol. The predicted molar refractivity (Wildman–Crippen MR) is 92.2 cm³/mol. The van der Waals surface area contributed by atoms with E-state index in [1.165, 1.54) is 0 Å². The van der Waals surface area contributed by atoms with E-state index in [0.29, 0.717) is 25.7 Å². The number of pyridine rings is 1. The lowest BCUT2D eigenvalue weighted by Crippen LogP contribution is -2.46. The van der Waals surface area contributed by atoms with Gasteiger partial charge in [-0.25, -0.2) is 4.79 Å². The van der Waals surface area contributed by atoms with E-state index in [1.54, 1.807) is 6.20 Å². The topological polar surface area (TPSA) is 63.2 Å². The van der Waals surface area contributed by atoms with Crippen LogP contribution < -0.4 is 10.6 Å². The summed E-state index contributed by atoms with van der Waals surface area (Å²) in [6.07, 6.45) is 1.78. The van der Waals surface area contributed by atoms with Crippen molar-refractivity contribution in [1.82, 2.24) is 15.6 Å². The van der Waals surface area contributed by atoms with Gasteiger partial charge in [0.2, 0.25) is 0 Å². The molecular weight excluding hydrogens is 290 g/mol. The molecule has 0 unspecified atom stereocenters. The minimum absolute atomic E-state index is 0.00996. The Kier molecular flexibility index (Phi) is 6.35. The summed E-state index contributed by atoms with van der Waals surface area (Å²) in [6, 6.07) is 9.76. The van der Waals surface area contributed by atoms with E-state index in [2.05, 4.69) is 29.5 Å². The van der Waals surface area contributed by atoms with Gasteiger partial charge in [0, 0.05) is 24.7 Å². The highest BCUT2D eigenvalue weighted by atomic mass is 16.5. The number of amides is 2. The Balaban J connectivity index is 1.89. The van der Waals surface area contributed by atoms with Crippen LogP contribution in [0.3, 0.4) is 0 Å². The third-order valence-electron chi connectivity index (χ3n) is 3.74. The van der Waals surface area contributed by atoms with E-state index in [4.69, 9.17) is 4.74 Å². The number of hydrogen-bond donors (Lipinski definition) is 2. The zero-order valence-corrected chi connectivity index (χ0v) is 14.0. The fourth-order valence-electron chi connectivity index (χ4n) is 2.28. The Morgan fingerprint density at radius 3 is 2.87 bits per heavy atom. The van der Waals surface area contributed by atoms with Crippen molar-refractivity contribution in [3.63, 3.8) is 0 Å². The monoisotopic (exact) mass is 315 g/mol. The Hall–Kier alpha value is -2.14. The third-order valence-corrected chi connectivity index (χ3v) is 3.74. The lowest BCUT2D eigenvalue weighted by molar-refractivity contribution is 0.110. The van der Waals surface area contributed by atoms with Crippen LogP contribution in [0.4, 0.5) is 4.79 Å². The minimum Gasteiger partial charge on any atom is -0.380 e. The molecule has 1 atom stereocenters. The number of urea groups is 1. The van der Waals surface area contributed by atoms with Crippen LogP contribution in [0, 0.1) is 5.92 Å². The highest BCUT2D eigenvalue weighted by Crippen LogP contribution is 2.13. The molecule has 0 aliphatic rings. The standard InChI is InChI=1S/C18H25N3O2/c1-4-23-12-17(13(2)3)21-18(22)20-11-14-7-8-16-15(10-14)6-5-9-19-16/h5-10,13,17H,4,11-12H2,1-3H3,(H2,20,21,22)/t17-/m0/s1. The van der Waals surface area contributed by atoms with Crippen molar-refractivity contribution in [3.05, 3.63) is 42.1 Å². The molecule has 23 heavy (non-hydrogen) atoms. The van der Waals surface area contributed by atoms with Gasteiger partial charge in [-0.2, -0.15) is 0 Å². The Morgan fingerprint density at radius 2 is 2.13 bits per heavy atom. The molecule has 1 aromatic heterocycles. The van der Waals surface area contributed by atoms with Gasteiger partial charge in [-0.05, 0) is 36.6 Å². The number of benzene rings is 1. The Morgan fingerprint density at radius 1 is 1.30 bits per heavy atom. The van der Waals surface area contributed by atoms with Gasteiger partial charge in [0.05, 0.1) is 18.2 Å². The Labute approximate surface area is 137 Å². The summed E-state index contributed by atoms with van der Waals surface area (Å²) in [4.78, 5) is 16.4. The second kappa shape index (κ2) is 8.48. The van der Waals surface area contributed by atoms with Gasteiger partial charge in [-0.3, -0.25) is 4.98 Å². The number of aromatic nitrogens is 1. The number of carbonyl (C=O) groups is 1. The van der Waals surface area contributed by atoms with Gasteiger partial charge >= 0.3 is 6.03 Å². The number of rotatable bonds is 7. The van der Waals surface area contributed by atoms with Crippen molar-refractivity contribution < 1.29 is 9.53 Å². The molecule has 0 spiro atoms. The molecule has 0 radical (unpaired) electrons. The van der Waals surface area contributed by atoms with Crippen molar-refractivity contribution in [1.29, 1.82) is 0 Å². The summed E-state index contributed by atoms with van der Waals surface area (Å²) in [5, 5.41) is 6.94. The zero-order chi connectivity index (χ0) is 16.7. The second-order valence-corrected chi connectivity index (χ2v) is 5.87. The molecule has 5 nitrogen and oxygen atoms in total. The number of nitrogens with one attached hydrogen (secondary N) is 2. The van der Waals surface area contributed by atoms with Gasteiger partial charge in [0.15, 0.2) is 0 Å². The van der Waals surface area contributed by atoms with Gasteiger partial charge in [-0.15, -0.1) is 0 Å². The van der Waals surface area contributed by atoms with Crippen molar-refractivity contribution >= 4 is 16.9 Å². The molecule has 1 aromatic carbocycles. The fraction of sp³-hybridized carbons (Fsp3) is 0.444. The van der Waals surface area contributed by atoms with Crippen LogP contribution in [0.2, 0.25) is 0 Å². The van der Waals surface area contributed by atoms with Crippen LogP contribution in [-0.2, 0) is 11.3 Å². The number of ether oxygens (including phenoxy) is 1. The SMILES string of the molecule is CCOC[C@H](NC(=O)NCc1ccc2ncccc2c1)C(C)C. The van der Waals surface area contributed by atoms with E-state index in [9.17, 15) is 4.79 Å². The molecule has 124 valence electrons. The van der Waals surface area contributed by atoms with Gasteiger partial charge in [-0.1, -0.05) is 26.0 Å². The first-order valence-corrected chi connectivity index (χ1v) is 8.06. The van der Waals surface area contributed by atoms with Crippen LogP contribution in [0.5, 0.6) is 0 Å². The summed E-state index contributed by atoms with van der Waals surface area (Å²) in [5.41, 5.74) is 2.00. The molecule has 0 saturated carbocycles. The number of fused-ring (bicyclic) bond motifs is 1. The molecule has 1 heterocycles. The summed E-state index contributed by atoms with van der Waals surface area (Å²) < 4.78 is 5.42. The largest absolute Gasteiger partial charge is 0.380 e. The van der Waals surface area contributed by atoms with Crippen LogP contribution in [0.15, 0.2) is 36.5 Å². The maximum absolute atomic E-state index is 12.1. The highest BCUT2D eigenvalue weighted by molar-refractivity contribution is 5.79. The number of carbonyl (C=O) groups excluding carboxylic acids is 1. The molecule has 0 bridgehead atoms. The van der Waals surface area contributed by atoms with E-state index >= 15 is 0 Å². The molecule has 2 aromatic rings. The van der Waals surface area contributed by atoms with Crippen molar-refractivity contribution in [2.24, 2.45) is 5.92 Å².